The Morgan fingerprint density at radius 2 is 2.00 bits per heavy atom. The zero-order chi connectivity index (χ0) is 11.1. The lowest BCUT2D eigenvalue weighted by Gasteiger charge is -1.94. The van der Waals surface area contributed by atoms with Crippen molar-refractivity contribution in [2.45, 2.75) is 6.92 Å². The van der Waals surface area contributed by atoms with Crippen LogP contribution >= 0.6 is 11.3 Å². The summed E-state index contributed by atoms with van der Waals surface area (Å²) in [5.41, 5.74) is 2.03. The molecule has 0 bridgehead atoms. The van der Waals surface area contributed by atoms with Crippen LogP contribution in [0.25, 0.3) is 20.2 Å². The van der Waals surface area contributed by atoms with Crippen molar-refractivity contribution in [1.82, 2.24) is 0 Å². The molecule has 1 nitrogen and oxygen atoms in total. The van der Waals surface area contributed by atoms with Gasteiger partial charge >= 0.3 is 0 Å². The van der Waals surface area contributed by atoms with Crippen LogP contribution in [0.5, 0.6) is 0 Å². The van der Waals surface area contributed by atoms with E-state index >= 15 is 0 Å². The van der Waals surface area contributed by atoms with Crippen LogP contribution in [-0.4, -0.2) is 0 Å². The Morgan fingerprint density at radius 1 is 1.12 bits per heavy atom. The van der Waals surface area contributed by atoms with Gasteiger partial charge in [-0.25, -0.2) is 0 Å². The van der Waals surface area contributed by atoms with Gasteiger partial charge in [0, 0.05) is 15.5 Å². The Bertz CT molecular complexity index is 731. The molecule has 0 fully saturated rings. The minimum atomic E-state index is 0.774. The molecule has 0 N–H and O–H groups in total. The Labute approximate surface area is 97.6 Å². The molecule has 16 heavy (non-hydrogen) atoms. The topological polar surface area (TPSA) is 23.8 Å². The maximum absolute atomic E-state index is 9.07. The summed E-state index contributed by atoms with van der Waals surface area (Å²) >= 11 is 1.70. The fraction of sp³-hybridized carbons (Fsp3) is 0.0714. The third-order valence-electron chi connectivity index (χ3n) is 2.77. The first-order valence-corrected chi connectivity index (χ1v) is 5.93. The van der Waals surface area contributed by atoms with Crippen molar-refractivity contribution in [1.29, 1.82) is 5.26 Å². The summed E-state index contributed by atoms with van der Waals surface area (Å²) in [7, 11) is 0. The molecule has 0 radical (unpaired) electrons. The van der Waals surface area contributed by atoms with E-state index in [-0.39, 0.29) is 0 Å². The lowest BCUT2D eigenvalue weighted by molar-refractivity contribution is 1.51. The molecule has 1 aromatic heterocycles. The van der Waals surface area contributed by atoms with Crippen LogP contribution in [0.2, 0.25) is 0 Å². The maximum atomic E-state index is 9.07. The molecule has 2 heteroatoms. The molecule has 3 rings (SSSR count). The second-order valence-corrected chi connectivity index (χ2v) is 4.95. The van der Waals surface area contributed by atoms with Crippen molar-refractivity contribution >= 4 is 31.5 Å². The average molecular weight is 223 g/mol. The van der Waals surface area contributed by atoms with E-state index in [1.165, 1.54) is 21.0 Å². The van der Waals surface area contributed by atoms with Gasteiger partial charge in [-0.1, -0.05) is 23.8 Å². The summed E-state index contributed by atoms with van der Waals surface area (Å²) in [6, 6.07) is 14.6. The quantitative estimate of drug-likeness (QED) is 0.559. The summed E-state index contributed by atoms with van der Waals surface area (Å²) in [6.45, 7) is 2.09. The maximum Gasteiger partial charge on any atom is 0.101 e. The van der Waals surface area contributed by atoms with Crippen molar-refractivity contribution in [3.8, 4) is 6.07 Å². The van der Waals surface area contributed by atoms with Gasteiger partial charge in [-0.3, -0.25) is 0 Å². The van der Waals surface area contributed by atoms with Crippen molar-refractivity contribution in [2.24, 2.45) is 0 Å². The van der Waals surface area contributed by atoms with Crippen molar-refractivity contribution in [3.63, 3.8) is 0 Å². The van der Waals surface area contributed by atoms with Gasteiger partial charge in [-0.2, -0.15) is 5.26 Å². The van der Waals surface area contributed by atoms with E-state index in [0.29, 0.717) is 0 Å². The number of nitrogens with zero attached hydrogens (tertiary/aromatic N) is 1. The Hall–Kier alpha value is -1.85. The number of rotatable bonds is 0. The molecule has 0 aliphatic rings. The summed E-state index contributed by atoms with van der Waals surface area (Å²) < 4.78 is 2.36. The first kappa shape index (κ1) is 9.38. The largest absolute Gasteiger partial charge is 0.192 e. The van der Waals surface area contributed by atoms with Crippen LogP contribution < -0.4 is 0 Å². The number of hydrogen-bond acceptors (Lipinski definition) is 2. The first-order chi connectivity index (χ1) is 7.79. The lowest BCUT2D eigenvalue weighted by atomic mass is 10.1. The van der Waals surface area contributed by atoms with Crippen LogP contribution in [0.15, 0.2) is 36.4 Å². The monoisotopic (exact) mass is 223 g/mol. The van der Waals surface area contributed by atoms with Crippen molar-refractivity contribution < 1.29 is 0 Å². The molecule has 0 aliphatic carbocycles. The molecule has 0 saturated carbocycles. The predicted molar refractivity (Wildman–Crippen MR) is 68.8 cm³/mol. The van der Waals surface area contributed by atoms with E-state index in [0.717, 1.165) is 10.3 Å². The van der Waals surface area contributed by atoms with Crippen LogP contribution in [0.1, 0.15) is 11.1 Å². The van der Waals surface area contributed by atoms with Crippen LogP contribution in [0.3, 0.4) is 0 Å². The lowest BCUT2D eigenvalue weighted by Crippen LogP contribution is -1.73. The fourth-order valence-electron chi connectivity index (χ4n) is 2.00. The fourth-order valence-corrected chi connectivity index (χ4v) is 3.15. The highest BCUT2D eigenvalue weighted by molar-refractivity contribution is 7.26. The van der Waals surface area contributed by atoms with E-state index in [4.69, 9.17) is 5.26 Å². The zero-order valence-corrected chi connectivity index (χ0v) is 9.64. The minimum absolute atomic E-state index is 0.774. The highest BCUT2D eigenvalue weighted by Crippen LogP contribution is 2.35. The molecule has 76 valence electrons. The number of fused-ring (bicyclic) bond motifs is 3. The number of thiophene rings is 1. The van der Waals surface area contributed by atoms with E-state index < -0.39 is 0 Å². The predicted octanol–water partition coefficient (Wildman–Crippen LogP) is 4.23. The molecular formula is C14H9NS. The molecule has 2 aromatic carbocycles. The van der Waals surface area contributed by atoms with E-state index in [1.54, 1.807) is 11.3 Å². The average Bonchev–Trinajstić information content (AvgIpc) is 2.67. The van der Waals surface area contributed by atoms with Gasteiger partial charge in [0.25, 0.3) is 0 Å². The third kappa shape index (κ3) is 1.22. The first-order valence-electron chi connectivity index (χ1n) is 5.11. The molecule has 0 saturated heterocycles. The van der Waals surface area contributed by atoms with Crippen LogP contribution in [0.4, 0.5) is 0 Å². The molecule has 3 aromatic rings. The van der Waals surface area contributed by atoms with E-state index in [1.807, 2.05) is 12.1 Å². The van der Waals surface area contributed by atoms with Crippen molar-refractivity contribution in [2.75, 3.05) is 0 Å². The standard InChI is InChI=1S/C14H9NS/c1-9-5-6-13-12(7-9)11-4-2-3-10(8-15)14(11)16-13/h2-7H,1H3. The molecule has 0 atom stereocenters. The molecule has 0 amide bonds. The number of benzene rings is 2. The van der Waals surface area contributed by atoms with Crippen LogP contribution in [0, 0.1) is 18.3 Å². The second-order valence-electron chi connectivity index (χ2n) is 3.90. The zero-order valence-electron chi connectivity index (χ0n) is 8.82. The number of aryl methyl sites for hydroxylation is 1. The smallest absolute Gasteiger partial charge is 0.101 e. The molecule has 0 unspecified atom stereocenters. The highest BCUT2D eigenvalue weighted by Gasteiger charge is 2.07. The summed E-state index contributed by atoms with van der Waals surface area (Å²) in [4.78, 5) is 0. The minimum Gasteiger partial charge on any atom is -0.192 e. The number of nitriles is 1. The van der Waals surface area contributed by atoms with Gasteiger partial charge in [0.2, 0.25) is 0 Å². The van der Waals surface area contributed by atoms with E-state index in [2.05, 4.69) is 37.3 Å². The molecule has 0 spiro atoms. The Morgan fingerprint density at radius 3 is 2.81 bits per heavy atom. The van der Waals surface area contributed by atoms with Gasteiger partial charge in [0.05, 0.1) is 10.3 Å². The SMILES string of the molecule is Cc1ccc2sc3c(C#N)cccc3c2c1. The molecule has 0 aliphatic heterocycles. The Kier molecular flexibility index (Phi) is 1.95. The van der Waals surface area contributed by atoms with Crippen LogP contribution in [-0.2, 0) is 0 Å². The Balaban J connectivity index is 2.57. The summed E-state index contributed by atoms with van der Waals surface area (Å²) in [6.07, 6.45) is 0. The molecule has 1 heterocycles. The van der Waals surface area contributed by atoms with Gasteiger partial charge in [-0.15, -0.1) is 11.3 Å². The third-order valence-corrected chi connectivity index (χ3v) is 3.99. The highest BCUT2D eigenvalue weighted by atomic mass is 32.1. The second kappa shape index (κ2) is 3.33. The summed E-state index contributed by atoms with van der Waals surface area (Å²) in [5, 5.41) is 11.5. The number of hydrogen-bond donors (Lipinski definition) is 0. The van der Waals surface area contributed by atoms with Crippen molar-refractivity contribution in [3.05, 3.63) is 47.5 Å². The van der Waals surface area contributed by atoms with Gasteiger partial charge < -0.3 is 0 Å². The van der Waals surface area contributed by atoms with Gasteiger partial charge in [-0.05, 0) is 25.1 Å². The van der Waals surface area contributed by atoms with Gasteiger partial charge in [0.15, 0.2) is 0 Å². The van der Waals surface area contributed by atoms with Gasteiger partial charge in [0.1, 0.15) is 6.07 Å². The molecular weight excluding hydrogens is 214 g/mol. The van der Waals surface area contributed by atoms with E-state index in [9.17, 15) is 0 Å². The normalized spacial score (nSPS) is 10.8. The summed E-state index contributed by atoms with van der Waals surface area (Å²) in [5.74, 6) is 0.